The van der Waals surface area contributed by atoms with E-state index < -0.39 is 17.6 Å². The molecule has 0 atom stereocenters. The largest absolute Gasteiger partial charge is 0.481 e. The SMILES string of the molecule is CN(CCC(=O)O)Cc1cc(F)ccc1F. The lowest BCUT2D eigenvalue weighted by atomic mass is 10.2. The molecular formula is C11H13F2NO2. The maximum atomic E-state index is 13.2. The first kappa shape index (κ1) is 12.6. The molecule has 88 valence electrons. The molecule has 0 aliphatic heterocycles. The van der Waals surface area contributed by atoms with Crippen molar-refractivity contribution in [3.8, 4) is 0 Å². The van der Waals surface area contributed by atoms with Crippen molar-refractivity contribution in [3.63, 3.8) is 0 Å². The molecule has 0 bridgehead atoms. The van der Waals surface area contributed by atoms with E-state index in [2.05, 4.69) is 0 Å². The highest BCUT2D eigenvalue weighted by atomic mass is 19.1. The second kappa shape index (κ2) is 5.55. The number of carboxylic acids is 1. The summed E-state index contributed by atoms with van der Waals surface area (Å²) in [7, 11) is 1.66. The summed E-state index contributed by atoms with van der Waals surface area (Å²) in [5, 5.41) is 8.47. The summed E-state index contributed by atoms with van der Waals surface area (Å²) < 4.78 is 26.1. The Morgan fingerprint density at radius 1 is 1.44 bits per heavy atom. The summed E-state index contributed by atoms with van der Waals surface area (Å²) in [6, 6.07) is 3.23. The van der Waals surface area contributed by atoms with Crippen molar-refractivity contribution < 1.29 is 18.7 Å². The van der Waals surface area contributed by atoms with Gasteiger partial charge >= 0.3 is 5.97 Å². The van der Waals surface area contributed by atoms with Crippen molar-refractivity contribution >= 4 is 5.97 Å². The van der Waals surface area contributed by atoms with Crippen LogP contribution in [0.15, 0.2) is 18.2 Å². The molecule has 0 aromatic heterocycles. The van der Waals surface area contributed by atoms with Gasteiger partial charge in [-0.3, -0.25) is 4.79 Å². The van der Waals surface area contributed by atoms with Gasteiger partial charge in [0.25, 0.3) is 0 Å². The highest BCUT2D eigenvalue weighted by Gasteiger charge is 2.08. The van der Waals surface area contributed by atoms with Gasteiger partial charge in [-0.25, -0.2) is 8.78 Å². The summed E-state index contributed by atoms with van der Waals surface area (Å²) in [5.41, 5.74) is 0.230. The quantitative estimate of drug-likeness (QED) is 0.838. The monoisotopic (exact) mass is 229 g/mol. The van der Waals surface area contributed by atoms with Gasteiger partial charge in [0.05, 0.1) is 6.42 Å². The minimum absolute atomic E-state index is 0.0204. The van der Waals surface area contributed by atoms with Gasteiger partial charge < -0.3 is 10.0 Å². The number of halogens is 2. The molecule has 3 nitrogen and oxygen atoms in total. The van der Waals surface area contributed by atoms with E-state index in [-0.39, 0.29) is 18.5 Å². The molecule has 16 heavy (non-hydrogen) atoms. The lowest BCUT2D eigenvalue weighted by molar-refractivity contribution is -0.137. The Morgan fingerprint density at radius 3 is 2.75 bits per heavy atom. The average Bonchev–Trinajstić information content (AvgIpc) is 2.20. The number of rotatable bonds is 5. The number of nitrogens with zero attached hydrogens (tertiary/aromatic N) is 1. The predicted molar refractivity (Wildman–Crippen MR) is 54.9 cm³/mol. The fourth-order valence-corrected chi connectivity index (χ4v) is 1.32. The smallest absolute Gasteiger partial charge is 0.304 e. The average molecular weight is 229 g/mol. The second-order valence-electron chi connectivity index (χ2n) is 3.62. The first-order valence-corrected chi connectivity index (χ1v) is 4.83. The van der Waals surface area contributed by atoms with Crippen LogP contribution >= 0.6 is 0 Å². The number of carbonyl (C=O) groups is 1. The van der Waals surface area contributed by atoms with Crippen molar-refractivity contribution in [1.82, 2.24) is 4.90 Å². The highest BCUT2D eigenvalue weighted by molar-refractivity contribution is 5.66. The maximum Gasteiger partial charge on any atom is 0.304 e. The van der Waals surface area contributed by atoms with Gasteiger partial charge in [0.15, 0.2) is 0 Å². The number of hydrogen-bond donors (Lipinski definition) is 1. The molecule has 1 aromatic carbocycles. The lowest BCUT2D eigenvalue weighted by Gasteiger charge is -2.15. The first-order chi connectivity index (χ1) is 7.49. The van der Waals surface area contributed by atoms with Crippen LogP contribution < -0.4 is 0 Å². The van der Waals surface area contributed by atoms with Crippen molar-refractivity contribution in [2.24, 2.45) is 0 Å². The van der Waals surface area contributed by atoms with Gasteiger partial charge in [0, 0.05) is 18.7 Å². The zero-order valence-electron chi connectivity index (χ0n) is 8.91. The van der Waals surface area contributed by atoms with Crippen molar-refractivity contribution in [2.45, 2.75) is 13.0 Å². The van der Waals surface area contributed by atoms with E-state index >= 15 is 0 Å². The molecule has 1 N–H and O–H groups in total. The van der Waals surface area contributed by atoms with Crippen molar-refractivity contribution in [3.05, 3.63) is 35.4 Å². The van der Waals surface area contributed by atoms with Crippen LogP contribution in [0.1, 0.15) is 12.0 Å². The highest BCUT2D eigenvalue weighted by Crippen LogP contribution is 2.11. The molecule has 5 heteroatoms. The number of aliphatic carboxylic acids is 1. The third-order valence-electron chi connectivity index (χ3n) is 2.16. The molecule has 0 spiro atoms. The molecule has 0 amide bonds. The van der Waals surface area contributed by atoms with Gasteiger partial charge in [0.1, 0.15) is 11.6 Å². The first-order valence-electron chi connectivity index (χ1n) is 4.83. The standard InChI is InChI=1S/C11H13F2NO2/c1-14(5-4-11(15)16)7-8-6-9(12)2-3-10(8)13/h2-3,6H,4-5,7H2,1H3,(H,15,16). The third kappa shape index (κ3) is 3.94. The Labute approximate surface area is 92.3 Å². The topological polar surface area (TPSA) is 40.5 Å². The lowest BCUT2D eigenvalue weighted by Crippen LogP contribution is -2.22. The Kier molecular flexibility index (Phi) is 4.37. The number of carboxylic acid groups (broad SMARTS) is 1. The van der Waals surface area contributed by atoms with Gasteiger partial charge in [-0.05, 0) is 25.2 Å². The maximum absolute atomic E-state index is 13.2. The normalized spacial score (nSPS) is 10.8. The van der Waals surface area contributed by atoms with Gasteiger partial charge in [0.2, 0.25) is 0 Å². The van der Waals surface area contributed by atoms with E-state index in [1.165, 1.54) is 0 Å². The number of benzene rings is 1. The van der Waals surface area contributed by atoms with Crippen LogP contribution in [0.25, 0.3) is 0 Å². The van der Waals surface area contributed by atoms with Crippen LogP contribution in [-0.4, -0.2) is 29.6 Å². The van der Waals surface area contributed by atoms with Gasteiger partial charge in [-0.15, -0.1) is 0 Å². The van der Waals surface area contributed by atoms with Crippen LogP contribution in [0, 0.1) is 11.6 Å². The van der Waals surface area contributed by atoms with Crippen LogP contribution in [0.3, 0.4) is 0 Å². The molecule has 0 unspecified atom stereocenters. The molecule has 1 aromatic rings. The van der Waals surface area contributed by atoms with Crippen molar-refractivity contribution in [2.75, 3.05) is 13.6 Å². The zero-order chi connectivity index (χ0) is 12.1. The summed E-state index contributed by atoms with van der Waals surface area (Å²) in [4.78, 5) is 11.9. The molecule has 0 radical (unpaired) electrons. The zero-order valence-corrected chi connectivity index (χ0v) is 8.91. The molecule has 1 rings (SSSR count). The van der Waals surface area contributed by atoms with Gasteiger partial charge in [-0.1, -0.05) is 0 Å². The summed E-state index contributed by atoms with van der Waals surface area (Å²) in [5.74, 6) is -1.89. The molecule has 0 saturated heterocycles. The Morgan fingerprint density at radius 2 is 2.12 bits per heavy atom. The molecule has 0 fully saturated rings. The minimum atomic E-state index is -0.911. The van der Waals surface area contributed by atoms with Crippen LogP contribution in [-0.2, 0) is 11.3 Å². The third-order valence-corrected chi connectivity index (χ3v) is 2.16. The number of hydrogen-bond acceptors (Lipinski definition) is 2. The molecule has 0 aliphatic rings. The van der Waals surface area contributed by atoms with Crippen molar-refractivity contribution in [1.29, 1.82) is 0 Å². The minimum Gasteiger partial charge on any atom is -0.481 e. The summed E-state index contributed by atoms with van der Waals surface area (Å²) >= 11 is 0. The Bertz CT molecular complexity index is 382. The Balaban J connectivity index is 2.58. The van der Waals surface area contributed by atoms with E-state index in [0.29, 0.717) is 6.54 Å². The van der Waals surface area contributed by atoms with Crippen LogP contribution in [0.2, 0.25) is 0 Å². The fourth-order valence-electron chi connectivity index (χ4n) is 1.32. The van der Waals surface area contributed by atoms with Crippen LogP contribution in [0.4, 0.5) is 8.78 Å². The molecule has 0 heterocycles. The molecule has 0 aliphatic carbocycles. The predicted octanol–water partition coefficient (Wildman–Crippen LogP) is 1.87. The summed E-state index contributed by atoms with van der Waals surface area (Å²) in [6.07, 6.45) is -0.0204. The summed E-state index contributed by atoms with van der Waals surface area (Å²) in [6.45, 7) is 0.488. The van der Waals surface area contributed by atoms with Gasteiger partial charge in [-0.2, -0.15) is 0 Å². The van der Waals surface area contributed by atoms with Crippen LogP contribution in [0.5, 0.6) is 0 Å². The van der Waals surface area contributed by atoms with E-state index in [1.807, 2.05) is 0 Å². The molecular weight excluding hydrogens is 216 g/mol. The van der Waals surface area contributed by atoms with E-state index in [9.17, 15) is 13.6 Å². The Hall–Kier alpha value is -1.49. The van der Waals surface area contributed by atoms with E-state index in [1.54, 1.807) is 11.9 Å². The van der Waals surface area contributed by atoms with E-state index in [0.717, 1.165) is 18.2 Å². The van der Waals surface area contributed by atoms with E-state index in [4.69, 9.17) is 5.11 Å². The molecule has 0 saturated carbocycles. The second-order valence-corrected chi connectivity index (χ2v) is 3.62. The fraction of sp³-hybridized carbons (Fsp3) is 0.364.